The SMILES string of the molecule is CCOC1CC(NC(=NC)NCCc2nc(C)c(C)s2)C12CCC2. The van der Waals surface area contributed by atoms with Gasteiger partial charge in [0.15, 0.2) is 5.96 Å². The van der Waals surface area contributed by atoms with Gasteiger partial charge in [-0.2, -0.15) is 0 Å². The van der Waals surface area contributed by atoms with Crippen LogP contribution in [0.25, 0.3) is 0 Å². The molecular formula is C18H30N4OS. The first-order valence-corrected chi connectivity index (χ1v) is 9.92. The van der Waals surface area contributed by atoms with Crippen molar-refractivity contribution in [2.45, 2.75) is 65.0 Å². The van der Waals surface area contributed by atoms with Crippen molar-refractivity contribution in [1.29, 1.82) is 0 Å². The van der Waals surface area contributed by atoms with E-state index in [2.05, 4.69) is 41.4 Å². The number of rotatable bonds is 6. The molecule has 2 aliphatic rings. The minimum Gasteiger partial charge on any atom is -0.378 e. The molecule has 0 radical (unpaired) electrons. The number of nitrogens with zero attached hydrogens (tertiary/aromatic N) is 2. The smallest absolute Gasteiger partial charge is 0.191 e. The lowest BCUT2D eigenvalue weighted by molar-refractivity contribution is -0.168. The van der Waals surface area contributed by atoms with E-state index in [4.69, 9.17) is 4.74 Å². The van der Waals surface area contributed by atoms with Crippen LogP contribution in [0.4, 0.5) is 0 Å². The van der Waals surface area contributed by atoms with Crippen LogP contribution in [0.15, 0.2) is 4.99 Å². The van der Waals surface area contributed by atoms with E-state index < -0.39 is 0 Å². The summed E-state index contributed by atoms with van der Waals surface area (Å²) in [6.07, 6.45) is 6.37. The van der Waals surface area contributed by atoms with Crippen LogP contribution in [-0.2, 0) is 11.2 Å². The van der Waals surface area contributed by atoms with Gasteiger partial charge in [0, 0.05) is 43.0 Å². The van der Waals surface area contributed by atoms with Crippen LogP contribution < -0.4 is 10.6 Å². The van der Waals surface area contributed by atoms with Gasteiger partial charge >= 0.3 is 0 Å². The maximum absolute atomic E-state index is 5.93. The highest BCUT2D eigenvalue weighted by Gasteiger charge is 2.59. The summed E-state index contributed by atoms with van der Waals surface area (Å²) in [6, 6.07) is 0.498. The molecule has 1 heterocycles. The average Bonchev–Trinajstić information content (AvgIpc) is 2.81. The van der Waals surface area contributed by atoms with Gasteiger partial charge in [-0.3, -0.25) is 4.99 Å². The molecule has 24 heavy (non-hydrogen) atoms. The summed E-state index contributed by atoms with van der Waals surface area (Å²) < 4.78 is 5.93. The van der Waals surface area contributed by atoms with Gasteiger partial charge in [0.2, 0.25) is 0 Å². The van der Waals surface area contributed by atoms with Crippen molar-refractivity contribution in [3.05, 3.63) is 15.6 Å². The molecule has 2 N–H and O–H groups in total. The summed E-state index contributed by atoms with van der Waals surface area (Å²) in [7, 11) is 1.85. The van der Waals surface area contributed by atoms with Gasteiger partial charge in [0.25, 0.3) is 0 Å². The van der Waals surface area contributed by atoms with Crippen molar-refractivity contribution in [3.8, 4) is 0 Å². The Morgan fingerprint density at radius 1 is 1.42 bits per heavy atom. The van der Waals surface area contributed by atoms with Gasteiger partial charge in [-0.25, -0.2) is 4.98 Å². The molecule has 2 aliphatic carbocycles. The molecular weight excluding hydrogens is 320 g/mol. The molecule has 1 aromatic heterocycles. The zero-order valence-corrected chi connectivity index (χ0v) is 16.1. The second kappa shape index (κ2) is 7.40. The molecule has 0 amide bonds. The van der Waals surface area contributed by atoms with Crippen LogP contribution in [0.5, 0.6) is 0 Å². The lowest BCUT2D eigenvalue weighted by Gasteiger charge is -2.61. The highest BCUT2D eigenvalue weighted by atomic mass is 32.1. The summed E-state index contributed by atoms with van der Waals surface area (Å²) in [6.45, 7) is 7.98. The Labute approximate surface area is 149 Å². The van der Waals surface area contributed by atoms with Gasteiger partial charge < -0.3 is 15.4 Å². The van der Waals surface area contributed by atoms with E-state index in [9.17, 15) is 0 Å². The number of hydrogen-bond donors (Lipinski definition) is 2. The number of hydrogen-bond acceptors (Lipinski definition) is 4. The number of nitrogens with one attached hydrogen (secondary N) is 2. The molecule has 0 aliphatic heterocycles. The predicted molar refractivity (Wildman–Crippen MR) is 99.9 cm³/mol. The quantitative estimate of drug-likeness (QED) is 0.612. The maximum Gasteiger partial charge on any atom is 0.191 e. The first-order valence-electron chi connectivity index (χ1n) is 9.10. The van der Waals surface area contributed by atoms with Gasteiger partial charge in [-0.05, 0) is 40.0 Å². The van der Waals surface area contributed by atoms with E-state index in [0.717, 1.165) is 37.6 Å². The van der Waals surface area contributed by atoms with E-state index in [-0.39, 0.29) is 0 Å². The molecule has 0 aromatic carbocycles. The Balaban J connectivity index is 1.47. The van der Waals surface area contributed by atoms with Crippen molar-refractivity contribution >= 4 is 17.3 Å². The van der Waals surface area contributed by atoms with Crippen LogP contribution in [0.2, 0.25) is 0 Å². The molecule has 6 heteroatoms. The van der Waals surface area contributed by atoms with E-state index in [0.29, 0.717) is 17.6 Å². The molecule has 0 saturated heterocycles. The second-order valence-corrected chi connectivity index (χ2v) is 8.25. The monoisotopic (exact) mass is 350 g/mol. The number of aromatic nitrogens is 1. The fourth-order valence-electron chi connectivity index (χ4n) is 3.93. The molecule has 5 nitrogen and oxygen atoms in total. The minimum absolute atomic E-state index is 0.358. The molecule has 3 rings (SSSR count). The summed E-state index contributed by atoms with van der Waals surface area (Å²) in [5, 5.41) is 8.27. The Bertz CT molecular complexity index is 574. The van der Waals surface area contributed by atoms with E-state index in [1.54, 1.807) is 11.3 Å². The summed E-state index contributed by atoms with van der Waals surface area (Å²) in [4.78, 5) is 10.3. The lowest BCUT2D eigenvalue weighted by Crippen LogP contribution is -2.68. The van der Waals surface area contributed by atoms with Crippen LogP contribution in [0.3, 0.4) is 0 Å². The summed E-state index contributed by atoms with van der Waals surface area (Å²) in [5.74, 6) is 0.909. The Morgan fingerprint density at radius 2 is 2.21 bits per heavy atom. The minimum atomic E-state index is 0.358. The molecule has 2 saturated carbocycles. The van der Waals surface area contributed by atoms with Gasteiger partial charge in [-0.1, -0.05) is 6.42 Å². The van der Waals surface area contributed by atoms with Gasteiger partial charge in [-0.15, -0.1) is 11.3 Å². The van der Waals surface area contributed by atoms with Crippen molar-refractivity contribution in [1.82, 2.24) is 15.6 Å². The zero-order chi connectivity index (χ0) is 17.2. The molecule has 0 bridgehead atoms. The van der Waals surface area contributed by atoms with E-state index >= 15 is 0 Å². The highest BCUT2D eigenvalue weighted by molar-refractivity contribution is 7.11. The van der Waals surface area contributed by atoms with Crippen LogP contribution in [-0.4, -0.2) is 43.3 Å². The van der Waals surface area contributed by atoms with E-state index in [1.807, 2.05) is 7.05 Å². The molecule has 134 valence electrons. The zero-order valence-electron chi connectivity index (χ0n) is 15.3. The third-order valence-electron chi connectivity index (χ3n) is 5.68. The number of aryl methyl sites for hydroxylation is 2. The molecule has 2 fully saturated rings. The number of ether oxygens (including phenoxy) is 1. The topological polar surface area (TPSA) is 58.5 Å². The van der Waals surface area contributed by atoms with Crippen LogP contribution in [0.1, 0.15) is 48.2 Å². The second-order valence-electron chi connectivity index (χ2n) is 6.96. The Kier molecular flexibility index (Phi) is 5.45. The maximum atomic E-state index is 5.93. The standard InChI is InChI=1S/C18H30N4OS/c1-5-23-15-11-14(18(15)8-6-9-18)22-17(19-4)20-10-7-16-21-12(2)13(3)24-16/h14-15H,5-11H2,1-4H3,(H2,19,20,22). The first-order chi connectivity index (χ1) is 11.6. The van der Waals surface area contributed by atoms with E-state index in [1.165, 1.54) is 29.1 Å². The summed E-state index contributed by atoms with van der Waals surface area (Å²) in [5.41, 5.74) is 1.51. The Hall–Kier alpha value is -1.14. The molecule has 2 atom stereocenters. The third-order valence-corrected chi connectivity index (χ3v) is 6.81. The Morgan fingerprint density at radius 3 is 2.75 bits per heavy atom. The lowest BCUT2D eigenvalue weighted by atomic mass is 9.51. The largest absolute Gasteiger partial charge is 0.378 e. The van der Waals surface area contributed by atoms with Crippen molar-refractivity contribution < 1.29 is 4.74 Å². The number of thiazole rings is 1. The van der Waals surface area contributed by atoms with Crippen molar-refractivity contribution in [3.63, 3.8) is 0 Å². The predicted octanol–water partition coefficient (Wildman–Crippen LogP) is 2.82. The fraction of sp³-hybridized carbons (Fsp3) is 0.778. The molecule has 1 spiro atoms. The van der Waals surface area contributed by atoms with Crippen molar-refractivity contribution in [2.75, 3.05) is 20.2 Å². The van der Waals surface area contributed by atoms with Crippen LogP contribution in [0, 0.1) is 19.3 Å². The summed E-state index contributed by atoms with van der Waals surface area (Å²) >= 11 is 1.79. The average molecular weight is 351 g/mol. The number of guanidine groups is 1. The fourth-order valence-corrected chi connectivity index (χ4v) is 4.87. The highest BCUT2D eigenvalue weighted by Crippen LogP contribution is 2.57. The first kappa shape index (κ1) is 17.7. The van der Waals surface area contributed by atoms with Gasteiger partial charge in [0.05, 0.1) is 16.8 Å². The van der Waals surface area contributed by atoms with Gasteiger partial charge in [0.1, 0.15) is 0 Å². The molecule has 2 unspecified atom stereocenters. The number of aliphatic imine (C=N–C) groups is 1. The third kappa shape index (κ3) is 3.31. The molecule has 1 aromatic rings. The van der Waals surface area contributed by atoms with Crippen LogP contribution >= 0.6 is 11.3 Å². The normalized spacial score (nSPS) is 25.2. The van der Waals surface area contributed by atoms with Crippen molar-refractivity contribution in [2.24, 2.45) is 10.4 Å².